The third-order valence-electron chi connectivity index (χ3n) is 3.13. The Labute approximate surface area is 106 Å². The van der Waals surface area contributed by atoms with Gasteiger partial charge in [0.25, 0.3) is 10.0 Å². The van der Waals surface area contributed by atoms with Crippen LogP contribution in [0, 0.1) is 11.2 Å². The Bertz CT molecular complexity index is 527. The fourth-order valence-corrected chi connectivity index (χ4v) is 3.13. The molecule has 0 bridgehead atoms. The lowest BCUT2D eigenvalue weighted by molar-refractivity contribution is 0.362. The number of sulfonamides is 1. The van der Waals surface area contributed by atoms with Gasteiger partial charge in [-0.05, 0) is 30.5 Å². The van der Waals surface area contributed by atoms with Crippen LogP contribution in [-0.2, 0) is 10.0 Å². The molecular formula is C11H16FN3O2S. The molecule has 0 amide bonds. The van der Waals surface area contributed by atoms with E-state index in [2.05, 4.69) is 15.0 Å². The maximum atomic E-state index is 13.4. The molecule has 7 heteroatoms. The van der Waals surface area contributed by atoms with E-state index in [1.165, 1.54) is 12.3 Å². The van der Waals surface area contributed by atoms with Gasteiger partial charge in [0.15, 0.2) is 5.82 Å². The molecule has 2 rings (SSSR count). The Morgan fingerprint density at radius 1 is 1.61 bits per heavy atom. The first-order chi connectivity index (χ1) is 8.43. The number of halogens is 1. The van der Waals surface area contributed by atoms with Crippen molar-refractivity contribution in [2.24, 2.45) is 5.41 Å². The molecule has 1 aliphatic rings. The van der Waals surface area contributed by atoms with Gasteiger partial charge >= 0.3 is 0 Å². The summed E-state index contributed by atoms with van der Waals surface area (Å²) in [4.78, 5) is 3.58. The van der Waals surface area contributed by atoms with Crippen LogP contribution >= 0.6 is 0 Å². The zero-order valence-corrected chi connectivity index (χ0v) is 10.9. The van der Waals surface area contributed by atoms with Gasteiger partial charge in [0.1, 0.15) is 0 Å². The first kappa shape index (κ1) is 13.4. The Balaban J connectivity index is 2.11. The molecule has 0 saturated carbocycles. The van der Waals surface area contributed by atoms with E-state index in [-0.39, 0.29) is 12.0 Å². The lowest BCUT2D eigenvalue weighted by Crippen LogP contribution is -2.37. The first-order valence-electron chi connectivity index (χ1n) is 5.74. The van der Waals surface area contributed by atoms with Crippen LogP contribution in [0.3, 0.4) is 0 Å². The van der Waals surface area contributed by atoms with E-state index in [1.807, 2.05) is 6.92 Å². The highest BCUT2D eigenvalue weighted by atomic mass is 32.2. The van der Waals surface area contributed by atoms with Crippen LogP contribution in [0.4, 0.5) is 4.39 Å². The molecule has 100 valence electrons. The number of pyridine rings is 1. The van der Waals surface area contributed by atoms with Crippen molar-refractivity contribution >= 4 is 10.0 Å². The minimum absolute atomic E-state index is 0.127. The number of nitrogens with zero attached hydrogens (tertiary/aromatic N) is 1. The molecule has 0 spiro atoms. The van der Waals surface area contributed by atoms with E-state index < -0.39 is 20.9 Å². The summed E-state index contributed by atoms with van der Waals surface area (Å²) in [5.41, 5.74) is -0.127. The van der Waals surface area contributed by atoms with Crippen molar-refractivity contribution in [3.8, 4) is 0 Å². The summed E-state index contributed by atoms with van der Waals surface area (Å²) in [6.45, 7) is 3.89. The Morgan fingerprint density at radius 3 is 3.00 bits per heavy atom. The molecule has 1 atom stereocenters. The monoisotopic (exact) mass is 273 g/mol. The molecule has 1 aromatic heterocycles. The predicted molar refractivity (Wildman–Crippen MR) is 65.0 cm³/mol. The molecule has 2 heterocycles. The second-order valence-corrected chi connectivity index (χ2v) is 6.53. The Hall–Kier alpha value is -1.05. The van der Waals surface area contributed by atoms with Gasteiger partial charge in [-0.3, -0.25) is 0 Å². The van der Waals surface area contributed by atoms with Crippen LogP contribution in [0.2, 0.25) is 0 Å². The van der Waals surface area contributed by atoms with E-state index in [1.54, 1.807) is 0 Å². The minimum atomic E-state index is -3.88. The van der Waals surface area contributed by atoms with E-state index >= 15 is 0 Å². The fraction of sp³-hybridized carbons (Fsp3) is 0.545. The van der Waals surface area contributed by atoms with Gasteiger partial charge in [0.2, 0.25) is 5.03 Å². The highest BCUT2D eigenvalue weighted by Crippen LogP contribution is 2.23. The highest BCUT2D eigenvalue weighted by Gasteiger charge is 2.31. The van der Waals surface area contributed by atoms with Crippen LogP contribution in [0.5, 0.6) is 0 Å². The topological polar surface area (TPSA) is 71.1 Å². The lowest BCUT2D eigenvalue weighted by atomic mass is 9.90. The van der Waals surface area contributed by atoms with Crippen molar-refractivity contribution in [3.05, 3.63) is 24.1 Å². The summed E-state index contributed by atoms with van der Waals surface area (Å²) in [6, 6.07) is 2.44. The molecule has 2 N–H and O–H groups in total. The summed E-state index contributed by atoms with van der Waals surface area (Å²) in [5, 5.41) is 2.63. The summed E-state index contributed by atoms with van der Waals surface area (Å²) in [5.74, 6) is -0.834. The Kier molecular flexibility index (Phi) is 3.65. The van der Waals surface area contributed by atoms with Crippen LogP contribution in [-0.4, -0.2) is 33.0 Å². The van der Waals surface area contributed by atoms with Crippen molar-refractivity contribution < 1.29 is 12.8 Å². The summed E-state index contributed by atoms with van der Waals surface area (Å²) >= 11 is 0. The third-order valence-corrected chi connectivity index (χ3v) is 4.46. The van der Waals surface area contributed by atoms with Gasteiger partial charge in [0.05, 0.1) is 0 Å². The number of hydrogen-bond donors (Lipinski definition) is 2. The molecule has 18 heavy (non-hydrogen) atoms. The standard InChI is InChI=1S/C11H16FN3O2S/c1-11(4-6-13-7-11)8-15-18(16,17)10-9(12)3-2-5-14-10/h2-3,5,13,15H,4,6-8H2,1H3. The normalized spacial score (nSPS) is 24.3. The second-order valence-electron chi connectivity index (χ2n) is 4.85. The van der Waals surface area contributed by atoms with Gasteiger partial charge in [-0.25, -0.2) is 22.5 Å². The molecule has 1 unspecified atom stereocenters. The molecule has 1 fully saturated rings. The second kappa shape index (κ2) is 4.91. The number of hydrogen-bond acceptors (Lipinski definition) is 4. The van der Waals surface area contributed by atoms with Crippen molar-refractivity contribution in [1.29, 1.82) is 0 Å². The summed E-state index contributed by atoms with van der Waals surface area (Å²) < 4.78 is 39.7. The number of nitrogens with one attached hydrogen (secondary N) is 2. The SMILES string of the molecule is CC1(CNS(=O)(=O)c2ncccc2F)CCNC1. The van der Waals surface area contributed by atoms with Crippen molar-refractivity contribution in [3.63, 3.8) is 0 Å². The van der Waals surface area contributed by atoms with E-state index in [4.69, 9.17) is 0 Å². The smallest absolute Gasteiger partial charge is 0.261 e. The fourth-order valence-electron chi connectivity index (χ4n) is 1.93. The predicted octanol–water partition coefficient (Wildman–Crippen LogP) is 0.499. The maximum Gasteiger partial charge on any atom is 0.261 e. The summed E-state index contributed by atoms with van der Waals surface area (Å²) in [7, 11) is -3.88. The van der Waals surface area contributed by atoms with E-state index in [0.29, 0.717) is 0 Å². The van der Waals surface area contributed by atoms with Gasteiger partial charge in [-0.15, -0.1) is 0 Å². The molecule has 0 aromatic carbocycles. The molecule has 1 aromatic rings. The quantitative estimate of drug-likeness (QED) is 0.838. The number of aromatic nitrogens is 1. The third kappa shape index (κ3) is 2.85. The largest absolute Gasteiger partial charge is 0.316 e. The van der Waals surface area contributed by atoms with Crippen LogP contribution in [0.25, 0.3) is 0 Å². The lowest BCUT2D eigenvalue weighted by Gasteiger charge is -2.22. The first-order valence-corrected chi connectivity index (χ1v) is 7.22. The molecule has 5 nitrogen and oxygen atoms in total. The van der Waals surface area contributed by atoms with Gasteiger partial charge in [-0.2, -0.15) is 0 Å². The van der Waals surface area contributed by atoms with Gasteiger partial charge < -0.3 is 5.32 Å². The number of rotatable bonds is 4. The zero-order valence-electron chi connectivity index (χ0n) is 10.1. The van der Waals surface area contributed by atoms with Crippen LogP contribution < -0.4 is 10.0 Å². The molecule has 1 saturated heterocycles. The van der Waals surface area contributed by atoms with Crippen molar-refractivity contribution in [2.45, 2.75) is 18.4 Å². The highest BCUT2D eigenvalue weighted by molar-refractivity contribution is 7.89. The van der Waals surface area contributed by atoms with Crippen LogP contribution in [0.1, 0.15) is 13.3 Å². The van der Waals surface area contributed by atoms with Crippen molar-refractivity contribution in [2.75, 3.05) is 19.6 Å². The molecule has 0 aliphatic carbocycles. The molecule has 1 aliphatic heterocycles. The summed E-state index contributed by atoms with van der Waals surface area (Å²) in [6.07, 6.45) is 2.15. The molecule has 0 radical (unpaired) electrons. The van der Waals surface area contributed by atoms with Gasteiger partial charge in [-0.1, -0.05) is 6.92 Å². The Morgan fingerprint density at radius 2 is 2.39 bits per heavy atom. The van der Waals surface area contributed by atoms with E-state index in [0.717, 1.165) is 25.6 Å². The minimum Gasteiger partial charge on any atom is -0.316 e. The van der Waals surface area contributed by atoms with Crippen LogP contribution in [0.15, 0.2) is 23.4 Å². The zero-order chi connectivity index (χ0) is 13.2. The molecular weight excluding hydrogens is 257 g/mol. The van der Waals surface area contributed by atoms with E-state index in [9.17, 15) is 12.8 Å². The van der Waals surface area contributed by atoms with Crippen molar-refractivity contribution in [1.82, 2.24) is 15.0 Å². The maximum absolute atomic E-state index is 13.4. The average molecular weight is 273 g/mol. The average Bonchev–Trinajstić information content (AvgIpc) is 2.75. The van der Waals surface area contributed by atoms with Gasteiger partial charge in [0, 0.05) is 19.3 Å².